The Morgan fingerprint density at radius 2 is 1.81 bits per heavy atom. The molecule has 0 saturated heterocycles. The van der Waals surface area contributed by atoms with Crippen molar-refractivity contribution in [1.82, 2.24) is 9.62 Å². The lowest BCUT2D eigenvalue weighted by molar-refractivity contribution is 0.206. The molecule has 2 aromatic rings. The maximum absolute atomic E-state index is 12.5. The molecule has 7 heteroatoms. The molecule has 0 atom stereocenters. The summed E-state index contributed by atoms with van der Waals surface area (Å²) in [5.74, 6) is 0. The van der Waals surface area contributed by atoms with Gasteiger partial charge in [0.1, 0.15) is 0 Å². The number of carbonyl (C=O) groups excluding carboxylic acids is 1. The Hall–Kier alpha value is -2.38. The molecule has 0 saturated carbocycles. The SMILES string of the molecule is CC(C)NS(=O)(=O)c1ccc2c(c1)CN(C(=O)Nc1ccccc1)CC2. The Labute approximate surface area is 154 Å². The number of anilines is 1. The van der Waals surface area contributed by atoms with Crippen molar-refractivity contribution in [3.8, 4) is 0 Å². The van der Waals surface area contributed by atoms with Crippen LogP contribution in [0.2, 0.25) is 0 Å². The van der Waals surface area contributed by atoms with Gasteiger partial charge in [0.15, 0.2) is 0 Å². The van der Waals surface area contributed by atoms with E-state index in [0.717, 1.165) is 16.8 Å². The first-order valence-electron chi connectivity index (χ1n) is 8.60. The predicted octanol–water partition coefficient (Wildman–Crippen LogP) is 2.96. The van der Waals surface area contributed by atoms with E-state index in [0.29, 0.717) is 19.5 Å². The van der Waals surface area contributed by atoms with Crippen LogP contribution in [-0.4, -0.2) is 31.9 Å². The van der Waals surface area contributed by atoms with Crippen LogP contribution in [0.5, 0.6) is 0 Å². The van der Waals surface area contributed by atoms with Gasteiger partial charge >= 0.3 is 6.03 Å². The molecule has 1 heterocycles. The zero-order valence-corrected chi connectivity index (χ0v) is 15.7. The molecule has 0 aromatic heterocycles. The Morgan fingerprint density at radius 3 is 2.50 bits per heavy atom. The zero-order chi connectivity index (χ0) is 18.7. The number of para-hydroxylation sites is 1. The van der Waals surface area contributed by atoms with Crippen LogP contribution in [0.25, 0.3) is 0 Å². The van der Waals surface area contributed by atoms with E-state index in [-0.39, 0.29) is 17.0 Å². The molecule has 2 N–H and O–H groups in total. The third-order valence-corrected chi connectivity index (χ3v) is 5.86. The molecule has 0 aliphatic carbocycles. The van der Waals surface area contributed by atoms with Crippen LogP contribution in [0.1, 0.15) is 25.0 Å². The van der Waals surface area contributed by atoms with Gasteiger partial charge in [0.2, 0.25) is 10.0 Å². The summed E-state index contributed by atoms with van der Waals surface area (Å²) in [6.45, 7) is 4.55. The monoisotopic (exact) mass is 373 g/mol. The van der Waals surface area contributed by atoms with E-state index in [1.807, 2.05) is 36.4 Å². The minimum Gasteiger partial charge on any atom is -0.320 e. The number of fused-ring (bicyclic) bond motifs is 1. The molecule has 1 aliphatic rings. The lowest BCUT2D eigenvalue weighted by Crippen LogP contribution is -2.39. The van der Waals surface area contributed by atoms with E-state index in [9.17, 15) is 13.2 Å². The van der Waals surface area contributed by atoms with Gasteiger partial charge in [0.05, 0.1) is 4.90 Å². The number of amides is 2. The maximum atomic E-state index is 12.5. The molecule has 0 bridgehead atoms. The molecule has 1 aliphatic heterocycles. The van der Waals surface area contributed by atoms with Crippen molar-refractivity contribution in [2.45, 2.75) is 37.8 Å². The van der Waals surface area contributed by atoms with Crippen molar-refractivity contribution in [3.63, 3.8) is 0 Å². The summed E-state index contributed by atoms with van der Waals surface area (Å²) in [7, 11) is -3.55. The average Bonchev–Trinajstić information content (AvgIpc) is 2.60. The number of sulfonamides is 1. The van der Waals surface area contributed by atoms with Crippen LogP contribution in [0.4, 0.5) is 10.5 Å². The number of benzene rings is 2. The summed E-state index contributed by atoms with van der Waals surface area (Å²) in [5, 5.41) is 2.87. The van der Waals surface area contributed by atoms with E-state index < -0.39 is 10.0 Å². The van der Waals surface area contributed by atoms with Gasteiger partial charge in [-0.25, -0.2) is 17.9 Å². The molecular formula is C19H23N3O3S. The summed E-state index contributed by atoms with van der Waals surface area (Å²) in [4.78, 5) is 14.4. The number of carbonyl (C=O) groups is 1. The first-order chi connectivity index (χ1) is 12.3. The molecule has 2 aromatic carbocycles. The van der Waals surface area contributed by atoms with Crippen LogP contribution >= 0.6 is 0 Å². The number of rotatable bonds is 4. The molecule has 2 amide bonds. The van der Waals surface area contributed by atoms with E-state index in [1.54, 1.807) is 30.9 Å². The average molecular weight is 373 g/mol. The van der Waals surface area contributed by atoms with Crippen molar-refractivity contribution in [2.75, 3.05) is 11.9 Å². The van der Waals surface area contributed by atoms with Crippen molar-refractivity contribution in [1.29, 1.82) is 0 Å². The van der Waals surface area contributed by atoms with Crippen molar-refractivity contribution < 1.29 is 13.2 Å². The van der Waals surface area contributed by atoms with Gasteiger partial charge in [0.25, 0.3) is 0 Å². The molecule has 26 heavy (non-hydrogen) atoms. The van der Waals surface area contributed by atoms with Gasteiger partial charge in [-0.05, 0) is 55.7 Å². The quantitative estimate of drug-likeness (QED) is 0.865. The summed E-state index contributed by atoms with van der Waals surface area (Å²) >= 11 is 0. The minimum absolute atomic E-state index is 0.177. The van der Waals surface area contributed by atoms with Crippen LogP contribution < -0.4 is 10.0 Å². The predicted molar refractivity (Wildman–Crippen MR) is 101 cm³/mol. The lowest BCUT2D eigenvalue weighted by Gasteiger charge is -2.29. The highest BCUT2D eigenvalue weighted by atomic mass is 32.2. The summed E-state index contributed by atoms with van der Waals surface area (Å²) in [5.41, 5.74) is 2.68. The van der Waals surface area contributed by atoms with Crippen LogP contribution in [-0.2, 0) is 23.0 Å². The van der Waals surface area contributed by atoms with Gasteiger partial charge in [-0.1, -0.05) is 24.3 Å². The fraction of sp³-hybridized carbons (Fsp3) is 0.316. The Bertz CT molecular complexity index is 896. The Kier molecular flexibility index (Phi) is 5.29. The van der Waals surface area contributed by atoms with Crippen molar-refractivity contribution >= 4 is 21.7 Å². The molecule has 0 fully saturated rings. The van der Waals surface area contributed by atoms with Crippen LogP contribution in [0, 0.1) is 0 Å². The fourth-order valence-corrected chi connectivity index (χ4v) is 4.28. The van der Waals surface area contributed by atoms with Gasteiger partial charge in [-0.3, -0.25) is 0 Å². The highest BCUT2D eigenvalue weighted by Gasteiger charge is 2.23. The number of urea groups is 1. The third-order valence-electron chi connectivity index (χ3n) is 4.20. The molecule has 3 rings (SSSR count). The highest BCUT2D eigenvalue weighted by Crippen LogP contribution is 2.23. The van der Waals surface area contributed by atoms with Gasteiger partial charge in [-0.2, -0.15) is 0 Å². The molecule has 138 valence electrons. The van der Waals surface area contributed by atoms with Crippen molar-refractivity contribution in [3.05, 3.63) is 59.7 Å². The normalized spacial score (nSPS) is 14.2. The number of nitrogens with one attached hydrogen (secondary N) is 2. The summed E-state index contributed by atoms with van der Waals surface area (Å²) in [6.07, 6.45) is 0.704. The van der Waals surface area contributed by atoms with Gasteiger partial charge in [0, 0.05) is 24.8 Å². The number of hydrogen-bond acceptors (Lipinski definition) is 3. The van der Waals surface area contributed by atoms with Crippen LogP contribution in [0.15, 0.2) is 53.4 Å². The van der Waals surface area contributed by atoms with E-state index in [1.165, 1.54) is 0 Å². The second-order valence-electron chi connectivity index (χ2n) is 6.67. The zero-order valence-electron chi connectivity index (χ0n) is 14.9. The molecule has 0 radical (unpaired) electrons. The van der Waals surface area contributed by atoms with E-state index >= 15 is 0 Å². The summed E-state index contributed by atoms with van der Waals surface area (Å²) in [6, 6.07) is 14.1. The van der Waals surface area contributed by atoms with E-state index in [4.69, 9.17) is 0 Å². The maximum Gasteiger partial charge on any atom is 0.322 e. The van der Waals surface area contributed by atoms with Crippen molar-refractivity contribution in [2.24, 2.45) is 0 Å². The Morgan fingerprint density at radius 1 is 1.08 bits per heavy atom. The highest BCUT2D eigenvalue weighted by molar-refractivity contribution is 7.89. The number of nitrogens with zero attached hydrogens (tertiary/aromatic N) is 1. The first-order valence-corrected chi connectivity index (χ1v) is 10.1. The minimum atomic E-state index is -3.55. The van der Waals surface area contributed by atoms with Gasteiger partial charge < -0.3 is 10.2 Å². The standard InChI is InChI=1S/C19H23N3O3S/c1-14(2)21-26(24,25)18-9-8-15-10-11-22(13-16(15)12-18)19(23)20-17-6-4-3-5-7-17/h3-9,12,14,21H,10-11,13H2,1-2H3,(H,20,23). The Balaban J connectivity index is 1.77. The molecule has 0 spiro atoms. The van der Waals surface area contributed by atoms with E-state index in [2.05, 4.69) is 10.0 Å². The molecule has 0 unspecified atom stereocenters. The largest absolute Gasteiger partial charge is 0.322 e. The molecule has 6 nitrogen and oxygen atoms in total. The van der Waals surface area contributed by atoms with Crippen LogP contribution in [0.3, 0.4) is 0 Å². The number of hydrogen-bond donors (Lipinski definition) is 2. The second-order valence-corrected chi connectivity index (χ2v) is 8.39. The lowest BCUT2D eigenvalue weighted by atomic mass is 10.0. The summed E-state index contributed by atoms with van der Waals surface area (Å²) < 4.78 is 27.4. The third kappa shape index (κ3) is 4.23. The molecular weight excluding hydrogens is 350 g/mol. The smallest absolute Gasteiger partial charge is 0.320 e. The second kappa shape index (κ2) is 7.47. The first kappa shape index (κ1) is 18.4. The topological polar surface area (TPSA) is 78.5 Å². The van der Waals surface area contributed by atoms with Gasteiger partial charge in [-0.15, -0.1) is 0 Å². The fourth-order valence-electron chi connectivity index (χ4n) is 2.98.